The highest BCUT2D eigenvalue weighted by molar-refractivity contribution is 6.30. The van der Waals surface area contributed by atoms with Crippen molar-refractivity contribution in [3.63, 3.8) is 0 Å². The summed E-state index contributed by atoms with van der Waals surface area (Å²) in [6.07, 6.45) is 4.26. The van der Waals surface area contributed by atoms with Gasteiger partial charge >= 0.3 is 5.69 Å². The Balaban J connectivity index is 1.60. The molecule has 1 saturated heterocycles. The predicted octanol–water partition coefficient (Wildman–Crippen LogP) is 3.71. The van der Waals surface area contributed by atoms with Crippen molar-refractivity contribution < 1.29 is 4.92 Å². The van der Waals surface area contributed by atoms with Crippen molar-refractivity contribution >= 4 is 28.8 Å². The van der Waals surface area contributed by atoms with Crippen LogP contribution in [-0.4, -0.2) is 36.1 Å². The maximum atomic E-state index is 11.3. The minimum atomic E-state index is -0.395. The molecular formula is C19H24ClN5O2. The Labute approximate surface area is 163 Å². The molecule has 3 rings (SSSR count). The second-order valence-corrected chi connectivity index (χ2v) is 7.16. The first-order chi connectivity index (χ1) is 13.1. The maximum Gasteiger partial charge on any atom is 0.310 e. The van der Waals surface area contributed by atoms with Gasteiger partial charge in [0.15, 0.2) is 0 Å². The molecular weight excluding hydrogens is 366 g/mol. The fourth-order valence-corrected chi connectivity index (χ4v) is 3.41. The third-order valence-electron chi connectivity index (χ3n) is 4.73. The number of hydrogen-bond acceptors (Lipinski definition) is 6. The normalized spacial score (nSPS) is 14.7. The zero-order valence-corrected chi connectivity index (χ0v) is 15.8. The first kappa shape index (κ1) is 19.4. The molecule has 3 N–H and O–H groups in total. The van der Waals surface area contributed by atoms with Gasteiger partial charge < -0.3 is 16.0 Å². The van der Waals surface area contributed by atoms with E-state index >= 15 is 0 Å². The van der Waals surface area contributed by atoms with Crippen LogP contribution in [0.3, 0.4) is 0 Å². The first-order valence-electron chi connectivity index (χ1n) is 9.19. The fourth-order valence-electron chi connectivity index (χ4n) is 3.20. The summed E-state index contributed by atoms with van der Waals surface area (Å²) in [4.78, 5) is 15.1. The Morgan fingerprint density at radius 3 is 2.81 bits per heavy atom. The Kier molecular flexibility index (Phi) is 6.84. The zero-order valence-electron chi connectivity index (χ0n) is 15.1. The van der Waals surface area contributed by atoms with E-state index in [1.165, 1.54) is 6.20 Å². The highest BCUT2D eigenvalue weighted by Crippen LogP contribution is 2.26. The van der Waals surface area contributed by atoms with E-state index in [1.54, 1.807) is 6.07 Å². The monoisotopic (exact) mass is 389 g/mol. The lowest BCUT2D eigenvalue weighted by Crippen LogP contribution is -2.31. The Bertz CT molecular complexity index is 780. The summed E-state index contributed by atoms with van der Waals surface area (Å²) in [6, 6.07) is 9.43. The average Bonchev–Trinajstić information content (AvgIpc) is 2.67. The topological polar surface area (TPSA) is 92.1 Å². The average molecular weight is 390 g/mol. The van der Waals surface area contributed by atoms with Crippen molar-refractivity contribution in [3.05, 3.63) is 57.2 Å². The number of hydrogen-bond donors (Lipinski definition) is 3. The third kappa shape index (κ3) is 5.80. The van der Waals surface area contributed by atoms with Gasteiger partial charge in [-0.2, -0.15) is 0 Å². The summed E-state index contributed by atoms with van der Waals surface area (Å²) in [7, 11) is 0. The predicted molar refractivity (Wildman–Crippen MR) is 109 cm³/mol. The van der Waals surface area contributed by atoms with E-state index in [0.29, 0.717) is 29.0 Å². The Hall–Kier alpha value is -2.38. The molecule has 1 aromatic heterocycles. The van der Waals surface area contributed by atoms with Crippen LogP contribution in [-0.2, 0) is 6.42 Å². The largest absolute Gasteiger partial charge is 0.379 e. The Morgan fingerprint density at radius 1 is 1.26 bits per heavy atom. The molecule has 1 aromatic carbocycles. The van der Waals surface area contributed by atoms with Crippen LogP contribution in [0.25, 0.3) is 0 Å². The van der Waals surface area contributed by atoms with Gasteiger partial charge in [-0.3, -0.25) is 10.1 Å². The second-order valence-electron chi connectivity index (χ2n) is 6.72. The van der Waals surface area contributed by atoms with Gasteiger partial charge in [0.1, 0.15) is 17.7 Å². The standard InChI is InChI=1S/C19H24ClN5O2/c20-16-3-1-2-14(10-16)6-9-22-19-11-17(18(13-24-19)25(26)27)23-12-15-4-7-21-8-5-15/h1-3,10-11,13,15,21H,4-9,12H2,(H2,22,23,24). The van der Waals surface area contributed by atoms with Gasteiger partial charge in [-0.1, -0.05) is 23.7 Å². The molecule has 1 aliphatic rings. The molecule has 0 spiro atoms. The van der Waals surface area contributed by atoms with Crippen LogP contribution in [0.15, 0.2) is 36.5 Å². The number of nitrogens with zero attached hydrogens (tertiary/aromatic N) is 2. The van der Waals surface area contributed by atoms with Crippen LogP contribution >= 0.6 is 11.6 Å². The molecule has 27 heavy (non-hydrogen) atoms. The number of aromatic nitrogens is 1. The summed E-state index contributed by atoms with van der Waals surface area (Å²) in [5.74, 6) is 1.15. The number of pyridine rings is 1. The molecule has 1 fully saturated rings. The number of nitrogens with one attached hydrogen (secondary N) is 3. The summed E-state index contributed by atoms with van der Waals surface area (Å²) in [5, 5.41) is 21.8. The van der Waals surface area contributed by atoms with Gasteiger partial charge in [-0.25, -0.2) is 4.98 Å². The van der Waals surface area contributed by atoms with Crippen molar-refractivity contribution in [3.8, 4) is 0 Å². The zero-order chi connectivity index (χ0) is 19.1. The number of rotatable bonds is 8. The van der Waals surface area contributed by atoms with Crippen molar-refractivity contribution in [2.75, 3.05) is 36.8 Å². The minimum absolute atomic E-state index is 0.00401. The van der Waals surface area contributed by atoms with E-state index in [4.69, 9.17) is 11.6 Å². The summed E-state index contributed by atoms with van der Waals surface area (Å²) in [5.41, 5.74) is 1.64. The summed E-state index contributed by atoms with van der Waals surface area (Å²) >= 11 is 6.00. The van der Waals surface area contributed by atoms with Gasteiger partial charge in [0, 0.05) is 24.2 Å². The molecule has 7 nitrogen and oxygen atoms in total. The van der Waals surface area contributed by atoms with Gasteiger partial charge in [0.2, 0.25) is 0 Å². The highest BCUT2D eigenvalue weighted by atomic mass is 35.5. The van der Waals surface area contributed by atoms with E-state index in [-0.39, 0.29) is 5.69 Å². The lowest BCUT2D eigenvalue weighted by molar-refractivity contribution is -0.384. The van der Waals surface area contributed by atoms with E-state index in [1.807, 2.05) is 24.3 Å². The van der Waals surface area contributed by atoms with E-state index in [0.717, 1.165) is 44.5 Å². The lowest BCUT2D eigenvalue weighted by atomic mass is 9.98. The quantitative estimate of drug-likeness (QED) is 0.471. The molecule has 0 amide bonds. The van der Waals surface area contributed by atoms with Crippen LogP contribution in [0.1, 0.15) is 18.4 Å². The molecule has 0 radical (unpaired) electrons. The molecule has 2 aromatic rings. The molecule has 0 saturated carbocycles. The summed E-state index contributed by atoms with van der Waals surface area (Å²) < 4.78 is 0. The third-order valence-corrected chi connectivity index (χ3v) is 4.96. The lowest BCUT2D eigenvalue weighted by Gasteiger charge is -2.23. The molecule has 144 valence electrons. The van der Waals surface area contributed by atoms with Crippen LogP contribution in [0.4, 0.5) is 17.2 Å². The first-order valence-corrected chi connectivity index (χ1v) is 9.57. The molecule has 8 heteroatoms. The number of benzene rings is 1. The van der Waals surface area contributed by atoms with E-state index < -0.39 is 4.92 Å². The SMILES string of the molecule is O=[N+]([O-])c1cnc(NCCc2cccc(Cl)c2)cc1NCC1CCNCC1. The van der Waals surface area contributed by atoms with Gasteiger partial charge in [0.05, 0.1) is 4.92 Å². The van der Waals surface area contributed by atoms with Crippen molar-refractivity contribution in [1.29, 1.82) is 0 Å². The van der Waals surface area contributed by atoms with Crippen LogP contribution in [0.2, 0.25) is 5.02 Å². The number of halogens is 1. The maximum absolute atomic E-state index is 11.3. The molecule has 2 heterocycles. The number of nitro groups is 1. The smallest absolute Gasteiger partial charge is 0.310 e. The molecule has 0 bridgehead atoms. The minimum Gasteiger partial charge on any atom is -0.379 e. The Morgan fingerprint density at radius 2 is 2.07 bits per heavy atom. The molecule has 1 aliphatic heterocycles. The van der Waals surface area contributed by atoms with Crippen molar-refractivity contribution in [2.45, 2.75) is 19.3 Å². The summed E-state index contributed by atoms with van der Waals surface area (Å²) in [6.45, 7) is 3.40. The van der Waals surface area contributed by atoms with E-state index in [2.05, 4.69) is 20.9 Å². The van der Waals surface area contributed by atoms with Crippen LogP contribution in [0.5, 0.6) is 0 Å². The van der Waals surface area contributed by atoms with E-state index in [9.17, 15) is 10.1 Å². The highest BCUT2D eigenvalue weighted by Gasteiger charge is 2.18. The van der Waals surface area contributed by atoms with Crippen LogP contribution in [0, 0.1) is 16.0 Å². The van der Waals surface area contributed by atoms with Gasteiger partial charge in [0.25, 0.3) is 0 Å². The number of piperidine rings is 1. The molecule has 0 aliphatic carbocycles. The van der Waals surface area contributed by atoms with Gasteiger partial charge in [-0.15, -0.1) is 0 Å². The van der Waals surface area contributed by atoms with Crippen molar-refractivity contribution in [2.24, 2.45) is 5.92 Å². The van der Waals surface area contributed by atoms with Crippen LogP contribution < -0.4 is 16.0 Å². The fraction of sp³-hybridized carbons (Fsp3) is 0.421. The molecule has 0 unspecified atom stereocenters. The van der Waals surface area contributed by atoms with Gasteiger partial charge in [-0.05, 0) is 56.0 Å². The molecule has 0 atom stereocenters. The number of anilines is 2. The second kappa shape index (κ2) is 9.53. The van der Waals surface area contributed by atoms with Crippen molar-refractivity contribution in [1.82, 2.24) is 10.3 Å².